The van der Waals surface area contributed by atoms with Crippen molar-refractivity contribution in [1.82, 2.24) is 0 Å². The van der Waals surface area contributed by atoms with E-state index in [0.29, 0.717) is 0 Å². The molecule has 2 unspecified atom stereocenters. The zero-order valence-corrected chi connectivity index (χ0v) is 10.9. The van der Waals surface area contributed by atoms with Gasteiger partial charge < -0.3 is 9.29 Å². The monoisotopic (exact) mass is 244 g/mol. The maximum Gasteiger partial charge on any atom is 0.164 e. The summed E-state index contributed by atoms with van der Waals surface area (Å²) in [5.41, 5.74) is 1.20. The van der Waals surface area contributed by atoms with Crippen LogP contribution in [0, 0.1) is 0 Å². The van der Waals surface area contributed by atoms with Crippen LogP contribution in [0.3, 0.4) is 0 Å². The van der Waals surface area contributed by atoms with E-state index in [1.807, 2.05) is 30.5 Å². The molecule has 0 fully saturated rings. The van der Waals surface area contributed by atoms with E-state index in [9.17, 15) is 4.55 Å². The maximum absolute atomic E-state index is 11.4. The zero-order valence-electron chi connectivity index (χ0n) is 9.23. The number of methoxy groups -OCH3 is 1. The first-order valence-electron chi connectivity index (χ1n) is 4.65. The van der Waals surface area contributed by atoms with Crippen LogP contribution in [0.4, 0.5) is 0 Å². The van der Waals surface area contributed by atoms with Crippen molar-refractivity contribution >= 4 is 22.9 Å². The fourth-order valence-corrected chi connectivity index (χ4v) is 3.16. The fraction of sp³-hybridized carbons (Fsp3) is 0.455. The van der Waals surface area contributed by atoms with Crippen LogP contribution in [0.25, 0.3) is 0 Å². The Hall–Kier alpha value is -0.320. The van der Waals surface area contributed by atoms with E-state index >= 15 is 0 Å². The second-order valence-corrected chi connectivity index (χ2v) is 6.12. The molecule has 0 saturated carbocycles. The van der Waals surface area contributed by atoms with Crippen molar-refractivity contribution in [3.63, 3.8) is 0 Å². The van der Waals surface area contributed by atoms with Crippen LogP contribution in [0.2, 0.25) is 0 Å². The summed E-state index contributed by atoms with van der Waals surface area (Å²) in [5, 5.41) is 0. The van der Waals surface area contributed by atoms with Gasteiger partial charge in [0.2, 0.25) is 0 Å². The number of benzene rings is 1. The Labute approximate surface area is 98.6 Å². The van der Waals surface area contributed by atoms with Gasteiger partial charge in [-0.3, -0.25) is 0 Å². The number of ether oxygens (including phenoxy) is 1. The molecule has 2 atom stereocenters. The molecule has 0 aliphatic rings. The summed E-state index contributed by atoms with van der Waals surface area (Å²) in [7, 11) is 1.65. The SMILES string of the molecule is COc1ccc(CC(SC)[S+](C)[O-])cc1. The molecule has 15 heavy (non-hydrogen) atoms. The minimum absolute atomic E-state index is 0.179. The lowest BCUT2D eigenvalue weighted by molar-refractivity contribution is 0.414. The van der Waals surface area contributed by atoms with E-state index in [0.717, 1.165) is 12.2 Å². The standard InChI is InChI=1S/C11H16O2S2/c1-13-10-6-4-9(5-7-10)8-11(14-2)15(3)12/h4-7,11H,8H2,1-3H3. The van der Waals surface area contributed by atoms with Gasteiger partial charge in [0.1, 0.15) is 5.75 Å². The van der Waals surface area contributed by atoms with Crippen LogP contribution < -0.4 is 4.74 Å². The number of rotatable bonds is 5. The third-order valence-corrected chi connectivity index (χ3v) is 5.18. The molecule has 0 saturated heterocycles. The predicted molar refractivity (Wildman–Crippen MR) is 68.1 cm³/mol. The largest absolute Gasteiger partial charge is 0.616 e. The first kappa shape index (κ1) is 12.7. The maximum atomic E-state index is 11.4. The molecule has 0 heterocycles. The molecule has 2 nitrogen and oxygen atoms in total. The highest BCUT2D eigenvalue weighted by Crippen LogP contribution is 2.20. The third kappa shape index (κ3) is 3.97. The Morgan fingerprint density at radius 1 is 1.40 bits per heavy atom. The molecule has 1 aromatic carbocycles. The highest BCUT2D eigenvalue weighted by atomic mass is 32.3. The molecular formula is C11H16O2S2. The van der Waals surface area contributed by atoms with Crippen LogP contribution >= 0.6 is 11.8 Å². The van der Waals surface area contributed by atoms with E-state index < -0.39 is 11.2 Å². The minimum Gasteiger partial charge on any atom is -0.616 e. The second-order valence-electron chi connectivity index (χ2n) is 3.22. The molecule has 1 aromatic rings. The summed E-state index contributed by atoms with van der Waals surface area (Å²) in [6, 6.07) is 7.92. The molecule has 84 valence electrons. The molecule has 0 radical (unpaired) electrons. The lowest BCUT2D eigenvalue weighted by Crippen LogP contribution is -2.18. The summed E-state index contributed by atoms with van der Waals surface area (Å²) in [5.74, 6) is 0.858. The van der Waals surface area contributed by atoms with Crippen molar-refractivity contribution in [2.75, 3.05) is 19.6 Å². The highest BCUT2D eigenvalue weighted by molar-refractivity contribution is 8.12. The molecule has 4 heteroatoms. The van der Waals surface area contributed by atoms with Crippen molar-refractivity contribution < 1.29 is 9.29 Å². The van der Waals surface area contributed by atoms with Crippen LogP contribution in [-0.4, -0.2) is 28.8 Å². The minimum atomic E-state index is -0.779. The molecule has 0 aliphatic carbocycles. The first-order chi connectivity index (χ1) is 7.17. The Balaban J connectivity index is 2.63. The van der Waals surface area contributed by atoms with Gasteiger partial charge in [-0.05, 0) is 35.1 Å². The predicted octanol–water partition coefficient (Wildman–Crippen LogP) is 2.31. The first-order valence-corrected chi connectivity index (χ1v) is 7.56. The van der Waals surface area contributed by atoms with E-state index in [1.165, 1.54) is 5.56 Å². The van der Waals surface area contributed by atoms with Crippen molar-refractivity contribution in [1.29, 1.82) is 0 Å². The number of hydrogen-bond acceptors (Lipinski definition) is 3. The van der Waals surface area contributed by atoms with Crippen molar-refractivity contribution in [3.8, 4) is 5.75 Å². The van der Waals surface area contributed by atoms with Gasteiger partial charge in [-0.2, -0.15) is 0 Å². The molecule has 0 N–H and O–H groups in total. The van der Waals surface area contributed by atoms with E-state index in [1.54, 1.807) is 25.1 Å². The van der Waals surface area contributed by atoms with Gasteiger partial charge in [0.15, 0.2) is 4.58 Å². The van der Waals surface area contributed by atoms with Crippen LogP contribution in [0.15, 0.2) is 24.3 Å². The fourth-order valence-electron chi connectivity index (χ4n) is 1.29. The summed E-state index contributed by atoms with van der Waals surface area (Å²) >= 11 is 0.872. The van der Waals surface area contributed by atoms with Gasteiger partial charge in [0, 0.05) is 6.42 Å². The van der Waals surface area contributed by atoms with Gasteiger partial charge in [-0.25, -0.2) is 0 Å². The van der Waals surface area contributed by atoms with E-state index in [-0.39, 0.29) is 4.58 Å². The van der Waals surface area contributed by atoms with Crippen molar-refractivity contribution in [2.45, 2.75) is 11.0 Å². The molecule has 0 spiro atoms. The Morgan fingerprint density at radius 2 is 2.00 bits per heavy atom. The van der Waals surface area contributed by atoms with Crippen LogP contribution in [0.5, 0.6) is 5.75 Å². The summed E-state index contributed by atoms with van der Waals surface area (Å²) in [6.45, 7) is 0. The summed E-state index contributed by atoms with van der Waals surface area (Å²) < 4.78 is 16.6. The zero-order chi connectivity index (χ0) is 11.3. The van der Waals surface area contributed by atoms with Gasteiger partial charge in [-0.1, -0.05) is 12.1 Å². The summed E-state index contributed by atoms with van der Waals surface area (Å²) in [4.78, 5) is 0. The number of hydrogen-bond donors (Lipinski definition) is 0. The second kappa shape index (κ2) is 6.30. The Morgan fingerprint density at radius 3 is 2.40 bits per heavy atom. The van der Waals surface area contributed by atoms with Crippen molar-refractivity contribution in [2.24, 2.45) is 0 Å². The average molecular weight is 244 g/mol. The van der Waals surface area contributed by atoms with Gasteiger partial charge in [-0.15, -0.1) is 11.8 Å². The van der Waals surface area contributed by atoms with Gasteiger partial charge >= 0.3 is 0 Å². The summed E-state index contributed by atoms with van der Waals surface area (Å²) in [6.07, 6.45) is 4.59. The van der Waals surface area contributed by atoms with Crippen LogP contribution in [-0.2, 0) is 17.6 Å². The van der Waals surface area contributed by atoms with Gasteiger partial charge in [0.25, 0.3) is 0 Å². The molecule has 0 bridgehead atoms. The quantitative estimate of drug-likeness (QED) is 0.745. The Bertz CT molecular complexity index is 285. The normalized spacial score (nSPS) is 14.7. The third-order valence-electron chi connectivity index (χ3n) is 2.19. The molecule has 0 aromatic heterocycles. The van der Waals surface area contributed by atoms with Crippen LogP contribution in [0.1, 0.15) is 5.56 Å². The number of thioether (sulfide) groups is 1. The molecule has 0 amide bonds. The Kier molecular flexibility index (Phi) is 5.36. The molecular weight excluding hydrogens is 228 g/mol. The lowest BCUT2D eigenvalue weighted by Gasteiger charge is -2.16. The van der Waals surface area contributed by atoms with E-state index in [2.05, 4.69) is 0 Å². The van der Waals surface area contributed by atoms with E-state index in [4.69, 9.17) is 4.74 Å². The lowest BCUT2D eigenvalue weighted by atomic mass is 10.2. The smallest absolute Gasteiger partial charge is 0.164 e. The molecule has 1 rings (SSSR count). The average Bonchev–Trinajstić information content (AvgIpc) is 2.26. The van der Waals surface area contributed by atoms with Crippen molar-refractivity contribution in [3.05, 3.63) is 29.8 Å². The van der Waals surface area contributed by atoms with Gasteiger partial charge in [0.05, 0.1) is 13.4 Å². The topological polar surface area (TPSA) is 32.3 Å². The molecule has 0 aliphatic heterocycles. The highest BCUT2D eigenvalue weighted by Gasteiger charge is 2.16.